The molecule has 1 aromatic carbocycles. The fraction of sp³-hybridized carbons (Fsp3) is 0.769. The lowest BCUT2D eigenvalue weighted by Gasteiger charge is -2.18. The first-order chi connectivity index (χ1) is 14.2. The molecule has 0 saturated heterocycles. The van der Waals surface area contributed by atoms with Gasteiger partial charge in [-0.05, 0) is 32.1 Å². The Labute approximate surface area is 179 Å². The summed E-state index contributed by atoms with van der Waals surface area (Å²) >= 11 is 0. The molecule has 0 aliphatic heterocycles. The van der Waals surface area contributed by atoms with Gasteiger partial charge in [-0.25, -0.2) is 0 Å². The molecular weight excluding hydrogens is 360 g/mol. The Bertz CT molecular complexity index is 539. The fourth-order valence-electron chi connectivity index (χ4n) is 3.89. The van der Waals surface area contributed by atoms with Gasteiger partial charge in [0.25, 0.3) is 0 Å². The monoisotopic (exact) mass is 406 g/mol. The second-order valence-electron chi connectivity index (χ2n) is 8.44. The topological polar surface area (TPSA) is 49.7 Å². The molecule has 0 aromatic heterocycles. The second kappa shape index (κ2) is 16.4. The van der Waals surface area contributed by atoms with E-state index < -0.39 is 0 Å². The summed E-state index contributed by atoms with van der Waals surface area (Å²) in [6.07, 6.45) is 18.7. The molecule has 168 valence electrons. The van der Waals surface area contributed by atoms with Crippen molar-refractivity contribution < 1.29 is 14.9 Å². The molecule has 0 unspecified atom stereocenters. The molecule has 2 N–H and O–H groups in total. The van der Waals surface area contributed by atoms with Crippen LogP contribution in [0.15, 0.2) is 6.07 Å². The van der Waals surface area contributed by atoms with Crippen LogP contribution in [-0.2, 0) is 12.8 Å². The standard InChI is InChI=1S/C26H46O3/c1-4-7-10-12-14-16-18-22-23(19-17-15-13-11-8-5-2)26(28)24(27)21-25(22)29-20-9-6-3/h21,27-28H,4-20H2,1-3H3. The third-order valence-corrected chi connectivity index (χ3v) is 5.77. The zero-order valence-corrected chi connectivity index (χ0v) is 19.4. The summed E-state index contributed by atoms with van der Waals surface area (Å²) in [7, 11) is 0. The predicted octanol–water partition coefficient (Wildman–Crippen LogP) is 8.08. The lowest BCUT2D eigenvalue weighted by atomic mass is 9.94. The van der Waals surface area contributed by atoms with Crippen molar-refractivity contribution in [3.63, 3.8) is 0 Å². The summed E-state index contributed by atoms with van der Waals surface area (Å²) in [5.41, 5.74) is 2.04. The highest BCUT2D eigenvalue weighted by Crippen LogP contribution is 2.40. The van der Waals surface area contributed by atoms with Gasteiger partial charge in [-0.1, -0.05) is 91.4 Å². The molecule has 3 heteroatoms. The highest BCUT2D eigenvalue weighted by molar-refractivity contribution is 5.56. The minimum Gasteiger partial charge on any atom is -0.504 e. The molecule has 0 spiro atoms. The number of aromatic hydroxyl groups is 2. The van der Waals surface area contributed by atoms with Gasteiger partial charge in [0.15, 0.2) is 11.5 Å². The zero-order valence-electron chi connectivity index (χ0n) is 19.4. The van der Waals surface area contributed by atoms with Crippen molar-refractivity contribution in [2.75, 3.05) is 6.61 Å². The smallest absolute Gasteiger partial charge is 0.161 e. The van der Waals surface area contributed by atoms with Gasteiger partial charge in [0.1, 0.15) is 5.75 Å². The fourth-order valence-corrected chi connectivity index (χ4v) is 3.89. The average Bonchev–Trinajstić information content (AvgIpc) is 2.72. The molecule has 1 aromatic rings. The van der Waals surface area contributed by atoms with Gasteiger partial charge in [0, 0.05) is 17.2 Å². The summed E-state index contributed by atoms with van der Waals surface area (Å²) in [4.78, 5) is 0. The van der Waals surface area contributed by atoms with Crippen LogP contribution in [0.2, 0.25) is 0 Å². The number of phenols is 2. The lowest BCUT2D eigenvalue weighted by molar-refractivity contribution is 0.301. The van der Waals surface area contributed by atoms with Crippen molar-refractivity contribution in [3.8, 4) is 17.2 Å². The number of hydrogen-bond donors (Lipinski definition) is 2. The maximum Gasteiger partial charge on any atom is 0.161 e. The van der Waals surface area contributed by atoms with Crippen molar-refractivity contribution in [3.05, 3.63) is 17.2 Å². The van der Waals surface area contributed by atoms with Gasteiger partial charge in [-0.15, -0.1) is 0 Å². The Morgan fingerprint density at radius 1 is 0.621 bits per heavy atom. The van der Waals surface area contributed by atoms with Crippen LogP contribution in [0.25, 0.3) is 0 Å². The number of phenolic OH excluding ortho intramolecular Hbond substituents is 2. The van der Waals surface area contributed by atoms with E-state index in [1.54, 1.807) is 6.07 Å². The molecule has 0 aliphatic rings. The molecule has 1 rings (SSSR count). The normalized spacial score (nSPS) is 11.1. The Morgan fingerprint density at radius 2 is 1.10 bits per heavy atom. The number of unbranched alkanes of at least 4 members (excludes halogenated alkanes) is 11. The van der Waals surface area contributed by atoms with Crippen LogP contribution in [0, 0.1) is 0 Å². The maximum atomic E-state index is 10.6. The van der Waals surface area contributed by atoms with Crippen molar-refractivity contribution >= 4 is 0 Å². The van der Waals surface area contributed by atoms with Gasteiger partial charge >= 0.3 is 0 Å². The van der Waals surface area contributed by atoms with E-state index in [4.69, 9.17) is 4.74 Å². The maximum absolute atomic E-state index is 10.6. The second-order valence-corrected chi connectivity index (χ2v) is 8.44. The van der Waals surface area contributed by atoms with Crippen molar-refractivity contribution in [1.29, 1.82) is 0 Å². The molecule has 0 radical (unpaired) electrons. The average molecular weight is 407 g/mol. The molecule has 3 nitrogen and oxygen atoms in total. The first kappa shape index (κ1) is 25.7. The Balaban J connectivity index is 2.80. The largest absolute Gasteiger partial charge is 0.504 e. The first-order valence-corrected chi connectivity index (χ1v) is 12.3. The van der Waals surface area contributed by atoms with E-state index in [1.165, 1.54) is 64.2 Å². The Kier molecular flexibility index (Phi) is 14.5. The molecule has 29 heavy (non-hydrogen) atoms. The molecule has 0 saturated carbocycles. The molecule has 0 aliphatic carbocycles. The molecule has 0 atom stereocenters. The Morgan fingerprint density at radius 3 is 1.66 bits per heavy atom. The SMILES string of the molecule is CCCCCCCCc1c(OCCCC)cc(O)c(O)c1CCCCCCCC. The summed E-state index contributed by atoms with van der Waals surface area (Å²) in [6, 6.07) is 1.63. The van der Waals surface area contributed by atoms with Crippen LogP contribution in [0.5, 0.6) is 17.2 Å². The summed E-state index contributed by atoms with van der Waals surface area (Å²) in [6.45, 7) is 7.30. The van der Waals surface area contributed by atoms with Gasteiger partial charge in [0.2, 0.25) is 0 Å². The van der Waals surface area contributed by atoms with E-state index in [1.807, 2.05) is 0 Å². The number of hydrogen-bond acceptors (Lipinski definition) is 3. The van der Waals surface area contributed by atoms with Gasteiger partial charge in [0.05, 0.1) is 6.61 Å². The molecule has 0 bridgehead atoms. The van der Waals surface area contributed by atoms with E-state index in [0.717, 1.165) is 55.4 Å². The third-order valence-electron chi connectivity index (χ3n) is 5.77. The molecule has 0 heterocycles. The van der Waals surface area contributed by atoms with Crippen LogP contribution in [0.1, 0.15) is 122 Å². The molecule has 0 fully saturated rings. The summed E-state index contributed by atoms with van der Waals surface area (Å²) < 4.78 is 6.04. The van der Waals surface area contributed by atoms with Crippen molar-refractivity contribution in [2.45, 2.75) is 124 Å². The number of benzene rings is 1. The number of rotatable bonds is 18. The van der Waals surface area contributed by atoms with E-state index in [-0.39, 0.29) is 11.5 Å². The van der Waals surface area contributed by atoms with E-state index in [0.29, 0.717) is 6.61 Å². The quantitative estimate of drug-likeness (QED) is 0.191. The minimum absolute atomic E-state index is 0.0378. The van der Waals surface area contributed by atoms with Crippen LogP contribution < -0.4 is 4.74 Å². The van der Waals surface area contributed by atoms with Crippen LogP contribution >= 0.6 is 0 Å². The summed E-state index contributed by atoms with van der Waals surface area (Å²) in [5.74, 6) is 0.815. The lowest BCUT2D eigenvalue weighted by Crippen LogP contribution is -2.04. The Hall–Kier alpha value is -1.38. The van der Waals surface area contributed by atoms with E-state index >= 15 is 0 Å². The van der Waals surface area contributed by atoms with E-state index in [9.17, 15) is 10.2 Å². The van der Waals surface area contributed by atoms with Crippen LogP contribution in [0.4, 0.5) is 0 Å². The summed E-state index contributed by atoms with van der Waals surface area (Å²) in [5, 5.41) is 20.9. The predicted molar refractivity (Wildman–Crippen MR) is 124 cm³/mol. The molecular formula is C26H46O3. The highest BCUT2D eigenvalue weighted by atomic mass is 16.5. The molecule has 0 amide bonds. The van der Waals surface area contributed by atoms with Crippen LogP contribution in [-0.4, -0.2) is 16.8 Å². The number of ether oxygens (including phenoxy) is 1. The van der Waals surface area contributed by atoms with Gasteiger partial charge < -0.3 is 14.9 Å². The van der Waals surface area contributed by atoms with Crippen molar-refractivity contribution in [1.82, 2.24) is 0 Å². The third kappa shape index (κ3) is 10.3. The zero-order chi connectivity index (χ0) is 21.3. The van der Waals surface area contributed by atoms with Crippen LogP contribution in [0.3, 0.4) is 0 Å². The highest BCUT2D eigenvalue weighted by Gasteiger charge is 2.18. The minimum atomic E-state index is -0.0378. The first-order valence-electron chi connectivity index (χ1n) is 12.3. The van der Waals surface area contributed by atoms with Crippen molar-refractivity contribution in [2.24, 2.45) is 0 Å². The van der Waals surface area contributed by atoms with E-state index in [2.05, 4.69) is 20.8 Å². The van der Waals surface area contributed by atoms with Gasteiger partial charge in [-0.2, -0.15) is 0 Å². The van der Waals surface area contributed by atoms with Gasteiger partial charge in [-0.3, -0.25) is 0 Å².